The Bertz CT molecular complexity index is 566. The SMILES string of the molecule is CCCCn1cc[n+](C)c1C.O=P([O-])(OCC(F)(F)F)OCC(F)(F)F. The Morgan fingerprint density at radius 1 is 1.15 bits per heavy atom. The summed E-state index contributed by atoms with van der Waals surface area (Å²) in [6.45, 7) is 1.06. The van der Waals surface area contributed by atoms with Gasteiger partial charge in [0.15, 0.2) is 13.2 Å². The van der Waals surface area contributed by atoms with Gasteiger partial charge in [-0.1, -0.05) is 13.3 Å². The number of aryl methyl sites for hydroxylation is 2. The molecule has 0 aliphatic carbocycles. The molecule has 13 heteroatoms. The first-order valence-corrected chi connectivity index (χ1v) is 8.88. The van der Waals surface area contributed by atoms with Crippen molar-refractivity contribution in [2.75, 3.05) is 13.2 Å². The van der Waals surface area contributed by atoms with E-state index in [1.807, 2.05) is 0 Å². The van der Waals surface area contributed by atoms with E-state index in [1.165, 1.54) is 18.7 Å². The molecule has 0 unspecified atom stereocenters. The molecular weight excluding hydrogens is 393 g/mol. The summed E-state index contributed by atoms with van der Waals surface area (Å²) in [4.78, 5) is 10.3. The number of phosphoric ester groups is 1. The monoisotopic (exact) mass is 414 g/mol. The van der Waals surface area contributed by atoms with Gasteiger partial charge in [0.05, 0.1) is 13.6 Å². The number of hydrogen-bond donors (Lipinski definition) is 0. The predicted octanol–water partition coefficient (Wildman–Crippen LogP) is 3.03. The van der Waals surface area contributed by atoms with Crippen molar-refractivity contribution < 1.29 is 49.4 Å². The molecule has 1 aromatic rings. The standard InChI is InChI=1S/C9H17N2.C4H5F6O4P/c1-4-5-6-11-8-7-10(3)9(11)2;5-3(6,7)1-13-15(11,12)14-2-4(8,9)10/h7-8H,4-6H2,1-3H3;1-2H2,(H,11,12)/q+1;/p-1. The van der Waals surface area contributed by atoms with Crippen molar-refractivity contribution in [1.82, 2.24) is 4.57 Å². The molecule has 0 N–H and O–H groups in total. The van der Waals surface area contributed by atoms with Crippen LogP contribution in [-0.4, -0.2) is 30.1 Å². The quantitative estimate of drug-likeness (QED) is 0.391. The number of imidazole rings is 1. The predicted molar refractivity (Wildman–Crippen MR) is 76.9 cm³/mol. The molecule has 0 aromatic carbocycles. The molecule has 0 radical (unpaired) electrons. The Balaban J connectivity index is 0.000000502. The van der Waals surface area contributed by atoms with Crippen LogP contribution in [0.15, 0.2) is 12.4 Å². The highest BCUT2D eigenvalue weighted by Gasteiger charge is 2.33. The van der Waals surface area contributed by atoms with E-state index in [-0.39, 0.29) is 0 Å². The molecule has 0 saturated carbocycles. The van der Waals surface area contributed by atoms with Crippen LogP contribution in [0.2, 0.25) is 0 Å². The van der Waals surface area contributed by atoms with Crippen molar-refractivity contribution in [3.05, 3.63) is 18.2 Å². The number of rotatable bonds is 7. The van der Waals surface area contributed by atoms with E-state index < -0.39 is 33.4 Å². The van der Waals surface area contributed by atoms with Gasteiger partial charge in [0.25, 0.3) is 13.6 Å². The first-order chi connectivity index (χ1) is 11.7. The summed E-state index contributed by atoms with van der Waals surface area (Å²) in [6.07, 6.45) is -3.16. The Morgan fingerprint density at radius 3 is 1.92 bits per heavy atom. The van der Waals surface area contributed by atoms with E-state index in [0.717, 1.165) is 6.54 Å². The highest BCUT2D eigenvalue weighted by molar-refractivity contribution is 7.45. The summed E-state index contributed by atoms with van der Waals surface area (Å²) in [5, 5.41) is 0. The Labute approximate surface area is 146 Å². The van der Waals surface area contributed by atoms with Gasteiger partial charge in [0.2, 0.25) is 0 Å². The normalized spacial score (nSPS) is 12.7. The molecular formula is C13H21F6N2O4P. The van der Waals surface area contributed by atoms with E-state index >= 15 is 0 Å². The summed E-state index contributed by atoms with van der Waals surface area (Å²) < 4.78 is 89.4. The minimum Gasteiger partial charge on any atom is -0.756 e. The molecule has 0 aliphatic heterocycles. The van der Waals surface area contributed by atoms with Crippen molar-refractivity contribution >= 4 is 7.82 Å². The molecule has 0 saturated heterocycles. The van der Waals surface area contributed by atoms with Crippen molar-refractivity contribution in [2.24, 2.45) is 7.05 Å². The smallest absolute Gasteiger partial charge is 0.412 e. The van der Waals surface area contributed by atoms with Gasteiger partial charge >= 0.3 is 12.4 Å². The van der Waals surface area contributed by atoms with Crippen molar-refractivity contribution in [3.8, 4) is 0 Å². The first kappa shape index (κ1) is 24.9. The molecule has 26 heavy (non-hydrogen) atoms. The van der Waals surface area contributed by atoms with Crippen molar-refractivity contribution in [2.45, 2.75) is 45.6 Å². The number of alkyl halides is 6. The van der Waals surface area contributed by atoms with Gasteiger partial charge in [-0.3, -0.25) is 4.57 Å². The number of unbranched alkanes of at least 4 members (excludes halogenated alkanes) is 1. The van der Waals surface area contributed by atoms with Crippen LogP contribution in [0.25, 0.3) is 0 Å². The topological polar surface area (TPSA) is 67.4 Å². The maximum absolute atomic E-state index is 11.4. The lowest BCUT2D eigenvalue weighted by molar-refractivity contribution is -0.677. The van der Waals surface area contributed by atoms with Crippen molar-refractivity contribution in [1.29, 1.82) is 0 Å². The number of aromatic nitrogens is 2. The largest absolute Gasteiger partial charge is 0.756 e. The van der Waals surface area contributed by atoms with Crippen LogP contribution in [0, 0.1) is 6.92 Å². The van der Waals surface area contributed by atoms with Crippen LogP contribution >= 0.6 is 7.82 Å². The van der Waals surface area contributed by atoms with Crippen LogP contribution in [0.5, 0.6) is 0 Å². The highest BCUT2D eigenvalue weighted by atomic mass is 31.2. The van der Waals surface area contributed by atoms with Crippen LogP contribution in [0.3, 0.4) is 0 Å². The van der Waals surface area contributed by atoms with Gasteiger partial charge in [-0.15, -0.1) is 0 Å². The third-order valence-corrected chi connectivity index (χ3v) is 3.81. The maximum Gasteiger partial charge on any atom is 0.412 e. The number of phosphoric acid groups is 1. The lowest BCUT2D eigenvalue weighted by Gasteiger charge is -2.23. The van der Waals surface area contributed by atoms with Crippen LogP contribution in [0.4, 0.5) is 26.3 Å². The zero-order chi connectivity index (χ0) is 20.6. The van der Waals surface area contributed by atoms with E-state index in [2.05, 4.69) is 51.5 Å². The second kappa shape index (κ2) is 10.3. The summed E-state index contributed by atoms with van der Waals surface area (Å²) >= 11 is 0. The minimum atomic E-state index is -5.58. The van der Waals surface area contributed by atoms with Gasteiger partial charge in [0, 0.05) is 6.92 Å². The van der Waals surface area contributed by atoms with Crippen molar-refractivity contribution in [3.63, 3.8) is 0 Å². The van der Waals surface area contributed by atoms with E-state index in [0.29, 0.717) is 0 Å². The zero-order valence-electron chi connectivity index (χ0n) is 14.4. The molecule has 0 spiro atoms. The second-order valence-electron chi connectivity index (χ2n) is 5.23. The Hall–Kier alpha value is -1.10. The highest BCUT2D eigenvalue weighted by Crippen LogP contribution is 2.41. The number of nitrogens with zero attached hydrogens (tertiary/aromatic N) is 2. The summed E-state index contributed by atoms with van der Waals surface area (Å²) in [7, 11) is -3.49. The third-order valence-electron chi connectivity index (χ3n) is 2.92. The fourth-order valence-electron chi connectivity index (χ4n) is 1.51. The Kier molecular flexibility index (Phi) is 9.85. The number of hydrogen-bond acceptors (Lipinski definition) is 4. The van der Waals surface area contributed by atoms with Gasteiger partial charge in [-0.2, -0.15) is 26.3 Å². The summed E-state index contributed by atoms with van der Waals surface area (Å²) in [5.41, 5.74) is 0. The number of halogens is 6. The average molecular weight is 414 g/mol. The molecule has 0 atom stereocenters. The third kappa shape index (κ3) is 12.3. The Morgan fingerprint density at radius 2 is 1.62 bits per heavy atom. The van der Waals surface area contributed by atoms with Gasteiger partial charge in [-0.25, -0.2) is 9.13 Å². The minimum absolute atomic E-state index is 1.16. The molecule has 6 nitrogen and oxygen atoms in total. The van der Waals surface area contributed by atoms with Crippen LogP contribution in [0.1, 0.15) is 25.6 Å². The molecule has 0 fully saturated rings. The molecule has 0 bridgehead atoms. The van der Waals surface area contributed by atoms with Gasteiger partial charge in [-0.05, 0) is 6.42 Å². The summed E-state index contributed by atoms with van der Waals surface area (Å²) in [6, 6.07) is 0. The fourth-order valence-corrected chi connectivity index (χ4v) is 2.19. The molecule has 0 amide bonds. The van der Waals surface area contributed by atoms with E-state index in [4.69, 9.17) is 0 Å². The van der Waals surface area contributed by atoms with Gasteiger partial charge in [0.1, 0.15) is 12.4 Å². The van der Waals surface area contributed by atoms with E-state index in [9.17, 15) is 35.8 Å². The molecule has 0 aliphatic rings. The molecule has 1 aromatic heterocycles. The molecule has 1 rings (SSSR count). The average Bonchev–Trinajstić information content (AvgIpc) is 2.80. The van der Waals surface area contributed by atoms with Gasteiger partial charge < -0.3 is 13.9 Å². The lowest BCUT2D eigenvalue weighted by Crippen LogP contribution is -2.29. The molecule has 154 valence electrons. The van der Waals surface area contributed by atoms with E-state index in [1.54, 1.807) is 0 Å². The lowest BCUT2D eigenvalue weighted by atomic mass is 10.3. The second-order valence-corrected chi connectivity index (χ2v) is 6.64. The zero-order valence-corrected chi connectivity index (χ0v) is 15.3. The fraction of sp³-hybridized carbons (Fsp3) is 0.769. The van der Waals surface area contributed by atoms with Crippen LogP contribution in [-0.2, 0) is 27.2 Å². The maximum atomic E-state index is 11.4. The van der Waals surface area contributed by atoms with Crippen LogP contribution < -0.4 is 9.46 Å². The first-order valence-electron chi connectivity index (χ1n) is 7.42. The summed E-state index contributed by atoms with van der Waals surface area (Å²) in [5.74, 6) is 1.33. The molecule has 1 heterocycles.